The molecule has 0 atom stereocenters. The standard InChI is InChI=1S/C38H31F3O6S2/c1-3-14-28-26-31(22-24-35(28)46-48(42,43)33-18-10-6-11-19-33)37(38(39,40)41,30-16-8-5-9-17-30)32-23-25-36(29(27-32)15-4-2)47-49(44,45)34-20-12-7-13-21-34/h3-13,16-27H,1-2,14-15H2. The van der Waals surface area contributed by atoms with E-state index in [0.717, 1.165) is 0 Å². The van der Waals surface area contributed by atoms with Gasteiger partial charge >= 0.3 is 26.4 Å². The van der Waals surface area contributed by atoms with Crippen LogP contribution in [0.25, 0.3) is 0 Å². The molecule has 6 nitrogen and oxygen atoms in total. The molecule has 5 aromatic carbocycles. The summed E-state index contributed by atoms with van der Waals surface area (Å²) in [6, 6.07) is 29.3. The van der Waals surface area contributed by atoms with E-state index in [1.54, 1.807) is 18.2 Å². The molecule has 0 radical (unpaired) electrons. The molecule has 0 heterocycles. The SMILES string of the molecule is C=CCc1cc(C(c2ccccc2)(c2ccc(OS(=O)(=O)c3ccccc3)c(CC=C)c2)C(F)(F)F)ccc1OS(=O)(=O)c1ccccc1. The largest absolute Gasteiger partial charge is 0.406 e. The maximum absolute atomic E-state index is 16.0. The molecule has 0 aliphatic heterocycles. The molecule has 0 aromatic heterocycles. The van der Waals surface area contributed by atoms with Gasteiger partial charge in [0.15, 0.2) is 0 Å². The summed E-state index contributed by atoms with van der Waals surface area (Å²) in [5.74, 6) is -0.308. The van der Waals surface area contributed by atoms with Gasteiger partial charge in [-0.25, -0.2) is 0 Å². The van der Waals surface area contributed by atoms with Crippen LogP contribution in [0.15, 0.2) is 162 Å². The van der Waals surface area contributed by atoms with Crippen LogP contribution >= 0.6 is 0 Å². The monoisotopic (exact) mass is 704 g/mol. The number of rotatable bonds is 13. The van der Waals surface area contributed by atoms with E-state index in [2.05, 4.69) is 13.2 Å². The van der Waals surface area contributed by atoms with E-state index in [1.807, 2.05) is 0 Å². The number of hydrogen-bond donors (Lipinski definition) is 0. The molecule has 0 saturated carbocycles. The maximum Gasteiger partial charge on any atom is 0.406 e. The highest BCUT2D eigenvalue weighted by Gasteiger charge is 2.58. The first-order valence-corrected chi connectivity index (χ1v) is 17.7. The Balaban J connectivity index is 1.72. The Morgan fingerprint density at radius 2 is 0.898 bits per heavy atom. The lowest BCUT2D eigenvalue weighted by molar-refractivity contribution is -0.166. The lowest BCUT2D eigenvalue weighted by atomic mass is 9.68. The third kappa shape index (κ3) is 7.18. The fourth-order valence-electron chi connectivity index (χ4n) is 5.60. The van der Waals surface area contributed by atoms with Gasteiger partial charge in [-0.15, -0.1) is 13.2 Å². The second-order valence-electron chi connectivity index (χ2n) is 10.9. The summed E-state index contributed by atoms with van der Waals surface area (Å²) >= 11 is 0. The van der Waals surface area contributed by atoms with Crippen molar-refractivity contribution in [1.29, 1.82) is 0 Å². The predicted molar refractivity (Wildman–Crippen MR) is 182 cm³/mol. The van der Waals surface area contributed by atoms with Crippen LogP contribution in [0.2, 0.25) is 0 Å². The van der Waals surface area contributed by atoms with Gasteiger partial charge in [-0.05, 0) is 77.1 Å². The molecule has 0 amide bonds. The van der Waals surface area contributed by atoms with E-state index < -0.39 is 31.8 Å². The summed E-state index contributed by atoms with van der Waals surface area (Å²) in [5, 5.41) is 0. The topological polar surface area (TPSA) is 86.7 Å². The third-order valence-electron chi connectivity index (χ3n) is 7.81. The van der Waals surface area contributed by atoms with Crippen LogP contribution in [0.5, 0.6) is 11.5 Å². The number of halogens is 3. The van der Waals surface area contributed by atoms with Crippen molar-refractivity contribution in [2.24, 2.45) is 0 Å². The summed E-state index contributed by atoms with van der Waals surface area (Å²) in [6.45, 7) is 7.40. The Labute approximate surface area is 284 Å². The van der Waals surface area contributed by atoms with Crippen LogP contribution in [-0.2, 0) is 38.5 Å². The van der Waals surface area contributed by atoms with Crippen LogP contribution < -0.4 is 8.37 Å². The fraction of sp³-hybridized carbons (Fsp3) is 0.105. The molecule has 0 spiro atoms. The highest BCUT2D eigenvalue weighted by molar-refractivity contribution is 7.87. The predicted octanol–water partition coefficient (Wildman–Crippen LogP) is 8.58. The zero-order valence-electron chi connectivity index (χ0n) is 26.0. The minimum atomic E-state index is -4.97. The second-order valence-corrected chi connectivity index (χ2v) is 14.0. The number of allylic oxidation sites excluding steroid dienone is 2. The molecule has 5 aromatic rings. The van der Waals surface area contributed by atoms with Crippen molar-refractivity contribution in [1.82, 2.24) is 0 Å². The maximum atomic E-state index is 16.0. The molecule has 0 aliphatic rings. The number of alkyl halides is 3. The fourth-order valence-corrected chi connectivity index (χ4v) is 7.58. The molecular weight excluding hydrogens is 674 g/mol. The highest BCUT2D eigenvalue weighted by atomic mass is 32.2. The van der Waals surface area contributed by atoms with Gasteiger partial charge in [0.2, 0.25) is 0 Å². The van der Waals surface area contributed by atoms with Gasteiger partial charge in [0.25, 0.3) is 0 Å². The van der Waals surface area contributed by atoms with E-state index in [1.165, 1.54) is 121 Å². The van der Waals surface area contributed by atoms with Gasteiger partial charge in [0, 0.05) is 0 Å². The van der Waals surface area contributed by atoms with Crippen molar-refractivity contribution in [3.8, 4) is 11.5 Å². The van der Waals surface area contributed by atoms with Crippen molar-refractivity contribution in [2.45, 2.75) is 34.2 Å². The summed E-state index contributed by atoms with van der Waals surface area (Å²) in [7, 11) is -8.63. The molecule has 252 valence electrons. The quantitative estimate of drug-likeness (QED) is 0.0694. The second kappa shape index (κ2) is 14.2. The molecular formula is C38H31F3O6S2. The molecule has 11 heteroatoms. The smallest absolute Gasteiger partial charge is 0.379 e. The third-order valence-corrected chi connectivity index (χ3v) is 10.3. The summed E-state index contributed by atoms with van der Waals surface area (Å²) in [6.07, 6.45) is -2.13. The summed E-state index contributed by atoms with van der Waals surface area (Å²) < 4.78 is 111. The minimum Gasteiger partial charge on any atom is -0.379 e. The lowest BCUT2D eigenvalue weighted by Gasteiger charge is -2.38. The molecule has 0 bridgehead atoms. The van der Waals surface area contributed by atoms with Crippen LogP contribution in [-0.4, -0.2) is 23.0 Å². The number of benzene rings is 5. The van der Waals surface area contributed by atoms with Gasteiger partial charge in [-0.1, -0.05) is 103 Å². The highest BCUT2D eigenvalue weighted by Crippen LogP contribution is 2.52. The molecule has 49 heavy (non-hydrogen) atoms. The van der Waals surface area contributed by atoms with E-state index >= 15 is 13.2 Å². The van der Waals surface area contributed by atoms with E-state index in [0.29, 0.717) is 0 Å². The molecule has 0 fully saturated rings. The van der Waals surface area contributed by atoms with Gasteiger partial charge in [0.1, 0.15) is 26.7 Å². The molecule has 0 unspecified atom stereocenters. The molecule has 0 N–H and O–H groups in total. The Bertz CT molecular complexity index is 2040. The normalized spacial score (nSPS) is 12.2. The van der Waals surface area contributed by atoms with E-state index in [9.17, 15) is 16.8 Å². The molecule has 5 rings (SSSR count). The summed E-state index contributed by atoms with van der Waals surface area (Å²) in [5.41, 5.74) is -3.11. The van der Waals surface area contributed by atoms with Gasteiger partial charge in [-0.3, -0.25) is 0 Å². The lowest BCUT2D eigenvalue weighted by Crippen LogP contribution is -2.44. The first-order valence-electron chi connectivity index (χ1n) is 14.9. The first-order chi connectivity index (χ1) is 23.3. The zero-order chi connectivity index (χ0) is 35.3. The zero-order valence-corrected chi connectivity index (χ0v) is 27.6. The molecule has 0 aliphatic carbocycles. The van der Waals surface area contributed by atoms with E-state index in [4.69, 9.17) is 8.37 Å². The van der Waals surface area contributed by atoms with Crippen molar-refractivity contribution in [3.05, 3.63) is 181 Å². The van der Waals surface area contributed by atoms with Crippen LogP contribution in [0.1, 0.15) is 27.8 Å². The van der Waals surface area contributed by atoms with E-state index in [-0.39, 0.29) is 61.9 Å². The average Bonchev–Trinajstić information content (AvgIpc) is 3.08. The Morgan fingerprint density at radius 3 is 1.24 bits per heavy atom. The van der Waals surface area contributed by atoms with Crippen molar-refractivity contribution in [2.75, 3.05) is 0 Å². The summed E-state index contributed by atoms with van der Waals surface area (Å²) in [4.78, 5) is -0.243. The first kappa shape index (κ1) is 35.2. The van der Waals surface area contributed by atoms with Gasteiger partial charge < -0.3 is 8.37 Å². The molecule has 0 saturated heterocycles. The van der Waals surface area contributed by atoms with Crippen molar-refractivity contribution >= 4 is 20.2 Å². The van der Waals surface area contributed by atoms with Crippen LogP contribution in [0, 0.1) is 0 Å². The van der Waals surface area contributed by atoms with Gasteiger partial charge in [0.05, 0.1) is 0 Å². The average molecular weight is 705 g/mol. The van der Waals surface area contributed by atoms with Crippen molar-refractivity contribution in [3.63, 3.8) is 0 Å². The minimum absolute atomic E-state index is 0.0119. The Morgan fingerprint density at radius 1 is 0.531 bits per heavy atom. The Kier molecular flexibility index (Phi) is 10.2. The van der Waals surface area contributed by atoms with Crippen molar-refractivity contribution < 1.29 is 38.4 Å². The Hall–Kier alpha value is -5.13. The van der Waals surface area contributed by atoms with Crippen LogP contribution in [0.3, 0.4) is 0 Å². The van der Waals surface area contributed by atoms with Gasteiger partial charge in [-0.2, -0.15) is 30.0 Å². The number of hydrogen-bond acceptors (Lipinski definition) is 6. The van der Waals surface area contributed by atoms with Crippen LogP contribution in [0.4, 0.5) is 13.2 Å².